The van der Waals surface area contributed by atoms with Crippen molar-refractivity contribution < 1.29 is 14.0 Å². The highest BCUT2D eigenvalue weighted by molar-refractivity contribution is 8.14. The number of nitrogens with zero attached hydrogens (tertiary/aromatic N) is 3. The van der Waals surface area contributed by atoms with Crippen LogP contribution in [-0.4, -0.2) is 60.4 Å². The predicted molar refractivity (Wildman–Crippen MR) is 88.1 cm³/mol. The Bertz CT molecular complexity index is 627. The topological polar surface area (TPSA) is 65.0 Å². The first-order chi connectivity index (χ1) is 11.1. The van der Waals surface area contributed by atoms with E-state index in [4.69, 9.17) is 0 Å². The van der Waals surface area contributed by atoms with Crippen molar-refractivity contribution in [2.45, 2.75) is 0 Å². The van der Waals surface area contributed by atoms with Gasteiger partial charge in [-0.05, 0) is 24.3 Å². The third kappa shape index (κ3) is 3.82. The van der Waals surface area contributed by atoms with Gasteiger partial charge >= 0.3 is 11.8 Å². The normalized spacial score (nSPS) is 17.9. The summed E-state index contributed by atoms with van der Waals surface area (Å²) in [4.78, 5) is 31.8. The second kappa shape index (κ2) is 6.99. The van der Waals surface area contributed by atoms with Gasteiger partial charge in [0.2, 0.25) is 0 Å². The second-order valence-electron chi connectivity index (χ2n) is 5.25. The third-order valence-electron chi connectivity index (χ3n) is 3.76. The standard InChI is InChI=1S/C15H17FN4O2S/c16-11-1-3-12(4-2-11)19-6-8-20(9-7-19)14(22)13(21)18-15-17-5-10-23-15/h1-4H,5-10H2,(H,17,18,21). The van der Waals surface area contributed by atoms with Crippen LogP contribution in [0.1, 0.15) is 0 Å². The number of benzene rings is 1. The number of carbonyl (C=O) groups excluding carboxylic acids is 2. The van der Waals surface area contributed by atoms with Gasteiger partial charge in [-0.2, -0.15) is 0 Å². The average Bonchev–Trinajstić information content (AvgIpc) is 3.08. The van der Waals surface area contributed by atoms with E-state index in [0.717, 1.165) is 11.4 Å². The molecular formula is C15H17FN4O2S. The molecule has 2 aliphatic heterocycles. The van der Waals surface area contributed by atoms with Crippen LogP contribution in [0, 0.1) is 5.82 Å². The number of amides is 2. The molecule has 0 spiro atoms. The van der Waals surface area contributed by atoms with Crippen molar-refractivity contribution in [1.29, 1.82) is 0 Å². The summed E-state index contributed by atoms with van der Waals surface area (Å²) in [6.07, 6.45) is 0. The molecule has 1 saturated heterocycles. The van der Waals surface area contributed by atoms with Crippen LogP contribution in [-0.2, 0) is 9.59 Å². The molecule has 0 aliphatic carbocycles. The Morgan fingerprint density at radius 1 is 1.13 bits per heavy atom. The maximum atomic E-state index is 13.0. The molecule has 0 unspecified atom stereocenters. The van der Waals surface area contributed by atoms with Crippen molar-refractivity contribution in [1.82, 2.24) is 10.2 Å². The van der Waals surface area contributed by atoms with Gasteiger partial charge < -0.3 is 9.80 Å². The van der Waals surface area contributed by atoms with Gasteiger partial charge in [0.1, 0.15) is 5.82 Å². The summed E-state index contributed by atoms with van der Waals surface area (Å²) < 4.78 is 13.0. The van der Waals surface area contributed by atoms with Gasteiger partial charge in [0.15, 0.2) is 5.17 Å². The maximum absolute atomic E-state index is 13.0. The molecule has 3 rings (SSSR count). The smallest absolute Gasteiger partial charge is 0.315 e. The number of aliphatic imine (C=N–C) groups is 1. The quantitative estimate of drug-likeness (QED) is 0.767. The fourth-order valence-corrected chi connectivity index (χ4v) is 3.25. The maximum Gasteiger partial charge on any atom is 0.315 e. The zero-order chi connectivity index (χ0) is 16.2. The van der Waals surface area contributed by atoms with Crippen LogP contribution >= 0.6 is 11.8 Å². The first-order valence-electron chi connectivity index (χ1n) is 7.41. The Kier molecular flexibility index (Phi) is 4.80. The highest BCUT2D eigenvalue weighted by Gasteiger charge is 2.27. The summed E-state index contributed by atoms with van der Waals surface area (Å²) in [6.45, 7) is 2.82. The second-order valence-corrected chi connectivity index (χ2v) is 6.33. The minimum absolute atomic E-state index is 0.271. The van der Waals surface area contributed by atoms with Gasteiger partial charge in [-0.3, -0.25) is 19.9 Å². The van der Waals surface area contributed by atoms with E-state index in [0.29, 0.717) is 37.9 Å². The number of carbonyl (C=O) groups is 2. The third-order valence-corrected chi connectivity index (χ3v) is 4.65. The van der Waals surface area contributed by atoms with E-state index in [1.165, 1.54) is 28.8 Å². The molecular weight excluding hydrogens is 319 g/mol. The number of rotatable bonds is 1. The number of piperazine rings is 1. The van der Waals surface area contributed by atoms with E-state index in [1.54, 1.807) is 12.1 Å². The van der Waals surface area contributed by atoms with Crippen LogP contribution in [0.2, 0.25) is 0 Å². The molecule has 1 aromatic rings. The van der Waals surface area contributed by atoms with E-state index in [1.807, 2.05) is 0 Å². The van der Waals surface area contributed by atoms with Gasteiger partial charge in [-0.25, -0.2) is 4.39 Å². The van der Waals surface area contributed by atoms with Gasteiger partial charge in [0.25, 0.3) is 0 Å². The van der Waals surface area contributed by atoms with Crippen molar-refractivity contribution in [3.63, 3.8) is 0 Å². The van der Waals surface area contributed by atoms with E-state index >= 15 is 0 Å². The Morgan fingerprint density at radius 2 is 1.83 bits per heavy atom. The van der Waals surface area contributed by atoms with Crippen LogP contribution in [0.4, 0.5) is 10.1 Å². The highest BCUT2D eigenvalue weighted by atomic mass is 32.2. The van der Waals surface area contributed by atoms with Crippen LogP contribution in [0.3, 0.4) is 0 Å². The summed E-state index contributed by atoms with van der Waals surface area (Å²) in [5.74, 6) is -0.598. The molecule has 2 amide bonds. The Labute approximate surface area is 137 Å². The van der Waals surface area contributed by atoms with Crippen molar-refractivity contribution in [2.75, 3.05) is 43.4 Å². The number of halogens is 1. The van der Waals surface area contributed by atoms with Crippen molar-refractivity contribution >= 4 is 34.4 Å². The molecule has 0 saturated carbocycles. The number of hydrogen-bond donors (Lipinski definition) is 1. The fraction of sp³-hybridized carbons (Fsp3) is 0.400. The molecule has 1 aromatic carbocycles. The summed E-state index contributed by atoms with van der Waals surface area (Å²) in [6, 6.07) is 6.27. The molecule has 122 valence electrons. The van der Waals surface area contributed by atoms with E-state index in [-0.39, 0.29) is 5.82 Å². The van der Waals surface area contributed by atoms with Gasteiger partial charge in [0.05, 0.1) is 6.54 Å². The van der Waals surface area contributed by atoms with Gasteiger partial charge in [-0.15, -0.1) is 0 Å². The van der Waals surface area contributed by atoms with Crippen molar-refractivity contribution in [3.05, 3.63) is 30.1 Å². The first kappa shape index (κ1) is 15.8. The van der Waals surface area contributed by atoms with Gasteiger partial charge in [0, 0.05) is 37.6 Å². The van der Waals surface area contributed by atoms with E-state index in [2.05, 4.69) is 15.2 Å². The zero-order valence-electron chi connectivity index (χ0n) is 12.5. The monoisotopic (exact) mass is 336 g/mol. The number of anilines is 1. The molecule has 0 atom stereocenters. The number of hydrogen-bond acceptors (Lipinski definition) is 5. The molecule has 0 aromatic heterocycles. The van der Waals surface area contributed by atoms with Crippen LogP contribution < -0.4 is 10.2 Å². The molecule has 0 bridgehead atoms. The number of thioether (sulfide) groups is 1. The van der Waals surface area contributed by atoms with Crippen molar-refractivity contribution in [3.8, 4) is 0 Å². The van der Waals surface area contributed by atoms with E-state index in [9.17, 15) is 14.0 Å². The lowest BCUT2D eigenvalue weighted by molar-refractivity contribution is -0.145. The zero-order valence-corrected chi connectivity index (χ0v) is 13.3. The molecule has 6 nitrogen and oxygen atoms in total. The Balaban J connectivity index is 1.52. The largest absolute Gasteiger partial charge is 0.368 e. The molecule has 0 radical (unpaired) electrons. The Morgan fingerprint density at radius 3 is 2.43 bits per heavy atom. The lowest BCUT2D eigenvalue weighted by Gasteiger charge is -2.35. The predicted octanol–water partition coefficient (Wildman–Crippen LogP) is 0.693. The van der Waals surface area contributed by atoms with Crippen LogP contribution in [0.15, 0.2) is 29.3 Å². The molecule has 8 heteroatoms. The molecule has 2 aliphatic rings. The lowest BCUT2D eigenvalue weighted by atomic mass is 10.2. The Hall–Kier alpha value is -2.09. The van der Waals surface area contributed by atoms with Crippen LogP contribution in [0.5, 0.6) is 0 Å². The summed E-state index contributed by atoms with van der Waals surface area (Å²) >= 11 is 1.44. The minimum Gasteiger partial charge on any atom is -0.368 e. The first-order valence-corrected chi connectivity index (χ1v) is 8.40. The summed E-state index contributed by atoms with van der Waals surface area (Å²) in [7, 11) is 0. The van der Waals surface area contributed by atoms with E-state index < -0.39 is 11.8 Å². The molecule has 1 N–H and O–H groups in total. The number of nitrogens with one attached hydrogen (secondary N) is 1. The van der Waals surface area contributed by atoms with Crippen LogP contribution in [0.25, 0.3) is 0 Å². The highest BCUT2D eigenvalue weighted by Crippen LogP contribution is 2.17. The van der Waals surface area contributed by atoms with Crippen molar-refractivity contribution in [2.24, 2.45) is 4.99 Å². The summed E-state index contributed by atoms with van der Waals surface area (Å²) in [5, 5.41) is 3.07. The summed E-state index contributed by atoms with van der Waals surface area (Å²) in [5.41, 5.74) is 0.916. The fourth-order valence-electron chi connectivity index (χ4n) is 2.52. The number of amidine groups is 1. The lowest BCUT2D eigenvalue weighted by Crippen LogP contribution is -2.53. The van der Waals surface area contributed by atoms with Gasteiger partial charge in [-0.1, -0.05) is 11.8 Å². The molecule has 23 heavy (non-hydrogen) atoms. The average molecular weight is 336 g/mol. The molecule has 2 heterocycles. The minimum atomic E-state index is -0.631. The SMILES string of the molecule is O=C(NC1=NCCS1)C(=O)N1CCN(c2ccc(F)cc2)CC1. The molecule has 1 fully saturated rings.